The number of benzene rings is 1. The van der Waals surface area contributed by atoms with E-state index in [1.54, 1.807) is 18.1 Å². The Morgan fingerprint density at radius 3 is 2.80 bits per heavy atom. The summed E-state index contributed by atoms with van der Waals surface area (Å²) in [6, 6.07) is 3.74. The van der Waals surface area contributed by atoms with Gasteiger partial charge in [0.25, 0.3) is 5.69 Å². The Hall–Kier alpha value is -1.42. The minimum atomic E-state index is -0.918. The van der Waals surface area contributed by atoms with E-state index in [4.69, 9.17) is 4.74 Å². The third-order valence-corrected chi connectivity index (χ3v) is 4.20. The lowest BCUT2D eigenvalue weighted by Crippen LogP contribution is -2.36. The van der Waals surface area contributed by atoms with Crippen LogP contribution in [-0.4, -0.2) is 41.8 Å². The fourth-order valence-electron chi connectivity index (χ4n) is 2.31. The van der Waals surface area contributed by atoms with Crippen LogP contribution in [0.25, 0.3) is 0 Å². The van der Waals surface area contributed by atoms with Gasteiger partial charge in [-0.1, -0.05) is 0 Å². The Morgan fingerprint density at radius 2 is 2.30 bits per heavy atom. The number of nitro groups is 1. The second kappa shape index (κ2) is 5.92. The van der Waals surface area contributed by atoms with Crippen molar-refractivity contribution in [3.05, 3.63) is 31.9 Å². The van der Waals surface area contributed by atoms with Gasteiger partial charge in [-0.05, 0) is 28.7 Å². The monoisotopic (exact) mass is 392 g/mol. The maximum absolute atomic E-state index is 11.3. The maximum atomic E-state index is 11.3. The largest absolute Gasteiger partial charge is 0.480 e. The minimum Gasteiger partial charge on any atom is -0.480 e. The van der Waals surface area contributed by atoms with Crippen molar-refractivity contribution in [1.82, 2.24) is 0 Å². The molecule has 8 heteroatoms. The number of ether oxygens (including phenoxy) is 1. The first kappa shape index (κ1) is 15.0. The molecule has 0 bridgehead atoms. The minimum absolute atomic E-state index is 0.00693. The summed E-state index contributed by atoms with van der Waals surface area (Å²) in [6.45, 7) is 0.460. The molecular weight excluding hydrogens is 379 g/mol. The van der Waals surface area contributed by atoms with E-state index in [9.17, 15) is 20.0 Å². The molecule has 0 saturated carbocycles. The summed E-state index contributed by atoms with van der Waals surface area (Å²) in [5.41, 5.74) is 0.677. The average Bonchev–Trinajstić information content (AvgIpc) is 2.82. The second-order valence-electron chi connectivity index (χ2n) is 4.49. The molecule has 108 valence electrons. The highest BCUT2D eigenvalue weighted by atomic mass is 127. The van der Waals surface area contributed by atoms with Crippen LogP contribution >= 0.6 is 22.6 Å². The third kappa shape index (κ3) is 2.85. The van der Waals surface area contributed by atoms with Crippen molar-refractivity contribution >= 4 is 39.9 Å². The highest BCUT2D eigenvalue weighted by molar-refractivity contribution is 14.1. The molecule has 1 aliphatic rings. The standard InChI is InChI=1S/C12H13IN2O5/c1-20-8-5-11(12(16)17)14(6-8)10-3-2-7(15(18)19)4-9(10)13/h2-4,8,11H,5-6H2,1H3,(H,16,17). The fraction of sp³-hybridized carbons (Fsp3) is 0.417. The number of halogens is 1. The lowest BCUT2D eigenvalue weighted by Gasteiger charge is -2.24. The lowest BCUT2D eigenvalue weighted by molar-refractivity contribution is -0.384. The van der Waals surface area contributed by atoms with Crippen LogP contribution in [0, 0.1) is 13.7 Å². The highest BCUT2D eigenvalue weighted by Crippen LogP contribution is 2.33. The molecule has 1 aliphatic heterocycles. The van der Waals surface area contributed by atoms with E-state index < -0.39 is 16.9 Å². The van der Waals surface area contributed by atoms with Gasteiger partial charge in [-0.3, -0.25) is 10.1 Å². The number of aliphatic carboxylic acids is 1. The quantitative estimate of drug-likeness (QED) is 0.478. The Labute approximate surface area is 128 Å². The van der Waals surface area contributed by atoms with Gasteiger partial charge in [0.2, 0.25) is 0 Å². The molecule has 0 aromatic heterocycles. The molecule has 0 aliphatic carbocycles. The van der Waals surface area contributed by atoms with E-state index in [0.29, 0.717) is 22.2 Å². The van der Waals surface area contributed by atoms with Crippen LogP contribution in [0.2, 0.25) is 0 Å². The van der Waals surface area contributed by atoms with Crippen LogP contribution in [-0.2, 0) is 9.53 Å². The first-order chi connectivity index (χ1) is 9.43. The van der Waals surface area contributed by atoms with Crippen LogP contribution in [0.1, 0.15) is 6.42 Å². The lowest BCUT2D eigenvalue weighted by atomic mass is 10.2. The van der Waals surface area contributed by atoms with Crippen LogP contribution in [0.5, 0.6) is 0 Å². The summed E-state index contributed by atoms with van der Waals surface area (Å²) in [5.74, 6) is -0.918. The first-order valence-electron chi connectivity index (χ1n) is 5.90. The number of nitrogens with zero attached hydrogens (tertiary/aromatic N) is 2. The van der Waals surface area contributed by atoms with Gasteiger partial charge in [-0.25, -0.2) is 4.79 Å². The second-order valence-corrected chi connectivity index (χ2v) is 5.65. The number of methoxy groups -OCH3 is 1. The topological polar surface area (TPSA) is 92.9 Å². The molecule has 1 N–H and O–H groups in total. The van der Waals surface area contributed by atoms with Crippen LogP contribution < -0.4 is 4.90 Å². The van der Waals surface area contributed by atoms with Crippen molar-refractivity contribution in [2.75, 3.05) is 18.6 Å². The van der Waals surface area contributed by atoms with Crippen molar-refractivity contribution in [1.29, 1.82) is 0 Å². The Bertz CT molecular complexity index is 551. The summed E-state index contributed by atoms with van der Waals surface area (Å²) in [6.07, 6.45) is 0.251. The van der Waals surface area contributed by atoms with Crippen LogP contribution in [0.4, 0.5) is 11.4 Å². The van der Waals surface area contributed by atoms with Crippen molar-refractivity contribution in [3.8, 4) is 0 Å². The summed E-state index contributed by atoms with van der Waals surface area (Å²) in [7, 11) is 1.55. The number of carboxylic acid groups (broad SMARTS) is 1. The Balaban J connectivity index is 2.34. The van der Waals surface area contributed by atoms with Crippen LogP contribution in [0.3, 0.4) is 0 Å². The molecule has 1 aromatic rings. The molecule has 0 radical (unpaired) electrons. The zero-order chi connectivity index (χ0) is 14.9. The molecule has 1 aromatic carbocycles. The van der Waals surface area contributed by atoms with E-state index in [1.807, 2.05) is 22.6 Å². The molecule has 2 rings (SSSR count). The first-order valence-corrected chi connectivity index (χ1v) is 6.98. The maximum Gasteiger partial charge on any atom is 0.326 e. The van der Waals surface area contributed by atoms with E-state index in [1.165, 1.54) is 12.1 Å². The number of anilines is 1. The Kier molecular flexibility index (Phi) is 4.43. The summed E-state index contributed by atoms with van der Waals surface area (Å²) >= 11 is 1.98. The fourth-order valence-corrected chi connectivity index (χ4v) is 3.12. The van der Waals surface area contributed by atoms with Gasteiger partial charge in [-0.15, -0.1) is 0 Å². The van der Waals surface area contributed by atoms with Gasteiger partial charge in [0.1, 0.15) is 6.04 Å². The summed E-state index contributed by atoms with van der Waals surface area (Å²) in [5, 5.41) is 20.0. The van der Waals surface area contributed by atoms with Gasteiger partial charge >= 0.3 is 5.97 Å². The number of carbonyl (C=O) groups is 1. The molecule has 2 atom stereocenters. The molecule has 7 nitrogen and oxygen atoms in total. The van der Waals surface area contributed by atoms with Crippen molar-refractivity contribution in [3.63, 3.8) is 0 Å². The van der Waals surface area contributed by atoms with E-state index in [-0.39, 0.29) is 11.8 Å². The van der Waals surface area contributed by atoms with Crippen molar-refractivity contribution in [2.45, 2.75) is 18.6 Å². The number of hydrogen-bond donors (Lipinski definition) is 1. The number of carboxylic acids is 1. The number of nitro benzene ring substituents is 1. The number of rotatable bonds is 4. The molecule has 0 spiro atoms. The van der Waals surface area contributed by atoms with Gasteiger partial charge in [0.05, 0.1) is 16.7 Å². The number of non-ortho nitro benzene ring substituents is 1. The summed E-state index contributed by atoms with van der Waals surface area (Å²) in [4.78, 5) is 23.3. The predicted octanol–water partition coefficient (Wildman–Crippen LogP) is 1.88. The molecule has 1 heterocycles. The van der Waals surface area contributed by atoms with E-state index in [2.05, 4.69) is 0 Å². The van der Waals surface area contributed by atoms with Crippen LogP contribution in [0.15, 0.2) is 18.2 Å². The molecule has 20 heavy (non-hydrogen) atoms. The number of hydrogen-bond acceptors (Lipinski definition) is 5. The van der Waals surface area contributed by atoms with Gasteiger partial charge < -0.3 is 14.7 Å². The predicted molar refractivity (Wildman–Crippen MR) is 80.0 cm³/mol. The molecular formula is C12H13IN2O5. The van der Waals surface area contributed by atoms with Crippen molar-refractivity contribution in [2.24, 2.45) is 0 Å². The van der Waals surface area contributed by atoms with E-state index >= 15 is 0 Å². The highest BCUT2D eigenvalue weighted by Gasteiger charge is 2.38. The molecule has 1 fully saturated rings. The van der Waals surface area contributed by atoms with Crippen molar-refractivity contribution < 1.29 is 19.6 Å². The summed E-state index contributed by atoms with van der Waals surface area (Å²) < 4.78 is 5.88. The zero-order valence-electron chi connectivity index (χ0n) is 10.7. The molecule has 0 amide bonds. The normalized spacial score (nSPS) is 22.0. The van der Waals surface area contributed by atoms with Gasteiger partial charge in [0.15, 0.2) is 0 Å². The smallest absolute Gasteiger partial charge is 0.326 e. The third-order valence-electron chi connectivity index (χ3n) is 3.33. The van der Waals surface area contributed by atoms with Gasteiger partial charge in [-0.2, -0.15) is 0 Å². The van der Waals surface area contributed by atoms with E-state index in [0.717, 1.165) is 0 Å². The van der Waals surface area contributed by atoms with Gasteiger partial charge in [0, 0.05) is 35.8 Å². The zero-order valence-corrected chi connectivity index (χ0v) is 12.8. The molecule has 2 unspecified atom stereocenters. The SMILES string of the molecule is COC1CC(C(=O)O)N(c2ccc([N+](=O)[O-])cc2I)C1. The Morgan fingerprint density at radius 1 is 1.60 bits per heavy atom. The average molecular weight is 392 g/mol. The molecule has 1 saturated heterocycles.